The fourth-order valence-electron chi connectivity index (χ4n) is 4.81. The van der Waals surface area contributed by atoms with Gasteiger partial charge in [0.25, 0.3) is 0 Å². The molecule has 3 rings (SSSR count). The van der Waals surface area contributed by atoms with E-state index in [2.05, 4.69) is 10.3 Å². The van der Waals surface area contributed by atoms with E-state index in [9.17, 15) is 22.8 Å². The van der Waals surface area contributed by atoms with Crippen LogP contribution in [0.3, 0.4) is 0 Å². The zero-order chi connectivity index (χ0) is 24.8. The molecule has 3 N–H and O–H groups in total. The van der Waals surface area contributed by atoms with Crippen LogP contribution in [0.25, 0.3) is 0 Å². The minimum absolute atomic E-state index is 0.0110. The fourth-order valence-corrected chi connectivity index (χ4v) is 4.81. The SMILES string of the molecule is CC(C)[C@]1(C(=O)N2Cc3cc(C(F)(F)F)cnc3[C@H](NC(=O)OC(C)(C)C)C2)CC[C@@H](N)C1. The van der Waals surface area contributed by atoms with Gasteiger partial charge in [-0.3, -0.25) is 9.78 Å². The van der Waals surface area contributed by atoms with E-state index in [4.69, 9.17) is 10.5 Å². The van der Waals surface area contributed by atoms with Crippen molar-refractivity contribution in [3.63, 3.8) is 0 Å². The molecule has 2 aliphatic rings. The number of ether oxygens (including phenoxy) is 1. The molecule has 0 bridgehead atoms. The molecule has 3 atom stereocenters. The second-order valence-electron chi connectivity index (χ2n) is 10.5. The Bertz CT molecular complexity index is 913. The molecule has 1 aromatic rings. The lowest BCUT2D eigenvalue weighted by atomic mass is 9.74. The molecular weight excluding hydrogens is 437 g/mol. The molecule has 1 saturated carbocycles. The summed E-state index contributed by atoms with van der Waals surface area (Å²) in [4.78, 5) is 31.7. The van der Waals surface area contributed by atoms with E-state index < -0.39 is 34.9 Å². The van der Waals surface area contributed by atoms with Gasteiger partial charge in [0.05, 0.1) is 22.7 Å². The third-order valence-electron chi connectivity index (χ3n) is 6.52. The summed E-state index contributed by atoms with van der Waals surface area (Å²) >= 11 is 0. The number of nitrogens with two attached hydrogens (primary N) is 1. The Morgan fingerprint density at radius 2 is 1.97 bits per heavy atom. The zero-order valence-electron chi connectivity index (χ0n) is 19.8. The highest BCUT2D eigenvalue weighted by Gasteiger charge is 2.49. The van der Waals surface area contributed by atoms with E-state index in [-0.39, 0.29) is 36.5 Å². The highest BCUT2D eigenvalue weighted by atomic mass is 19.4. The number of alkyl carbamates (subject to hydrolysis) is 1. The smallest absolute Gasteiger partial charge is 0.417 e. The molecule has 1 aromatic heterocycles. The van der Waals surface area contributed by atoms with Crippen LogP contribution in [-0.4, -0.2) is 40.1 Å². The van der Waals surface area contributed by atoms with E-state index in [1.165, 1.54) is 4.90 Å². The number of amides is 2. The van der Waals surface area contributed by atoms with Gasteiger partial charge in [-0.2, -0.15) is 13.2 Å². The number of halogens is 3. The number of hydrogen-bond acceptors (Lipinski definition) is 5. The van der Waals surface area contributed by atoms with Gasteiger partial charge in [0.1, 0.15) is 5.60 Å². The number of aromatic nitrogens is 1. The van der Waals surface area contributed by atoms with Crippen molar-refractivity contribution in [2.24, 2.45) is 17.1 Å². The molecule has 10 heteroatoms. The van der Waals surface area contributed by atoms with E-state index in [1.807, 2.05) is 13.8 Å². The third-order valence-corrected chi connectivity index (χ3v) is 6.52. The summed E-state index contributed by atoms with van der Waals surface area (Å²) in [6.07, 6.45) is -2.67. The quantitative estimate of drug-likeness (QED) is 0.691. The van der Waals surface area contributed by atoms with Crippen molar-refractivity contribution in [2.45, 2.75) is 84.3 Å². The maximum atomic E-state index is 13.7. The number of pyridine rings is 1. The fraction of sp³-hybridized carbons (Fsp3) is 0.696. The molecule has 1 fully saturated rings. The minimum atomic E-state index is -4.57. The van der Waals surface area contributed by atoms with Crippen LogP contribution in [0.4, 0.5) is 18.0 Å². The van der Waals surface area contributed by atoms with Gasteiger partial charge in [0, 0.05) is 25.3 Å². The van der Waals surface area contributed by atoms with Crippen LogP contribution in [0, 0.1) is 11.3 Å². The summed E-state index contributed by atoms with van der Waals surface area (Å²) in [6.45, 7) is 9.14. The first-order valence-corrected chi connectivity index (χ1v) is 11.2. The van der Waals surface area contributed by atoms with Crippen molar-refractivity contribution in [3.05, 3.63) is 29.1 Å². The minimum Gasteiger partial charge on any atom is -0.444 e. The lowest BCUT2D eigenvalue weighted by Gasteiger charge is -2.41. The molecule has 184 valence electrons. The lowest BCUT2D eigenvalue weighted by molar-refractivity contribution is -0.146. The summed E-state index contributed by atoms with van der Waals surface area (Å²) in [6, 6.07) is 0.116. The Kier molecular flexibility index (Phi) is 6.72. The topological polar surface area (TPSA) is 97.5 Å². The number of fused-ring (bicyclic) bond motifs is 1. The zero-order valence-corrected chi connectivity index (χ0v) is 19.8. The van der Waals surface area contributed by atoms with Crippen LogP contribution >= 0.6 is 0 Å². The van der Waals surface area contributed by atoms with Gasteiger partial charge in [0.2, 0.25) is 5.91 Å². The third kappa shape index (κ3) is 5.42. The Morgan fingerprint density at radius 1 is 1.30 bits per heavy atom. The van der Waals surface area contributed by atoms with Crippen molar-refractivity contribution in [2.75, 3.05) is 6.54 Å². The van der Waals surface area contributed by atoms with Crippen molar-refractivity contribution < 1.29 is 27.5 Å². The van der Waals surface area contributed by atoms with E-state index in [1.54, 1.807) is 20.8 Å². The number of carbonyl (C=O) groups excluding carboxylic acids is 2. The van der Waals surface area contributed by atoms with Crippen molar-refractivity contribution in [1.82, 2.24) is 15.2 Å². The number of rotatable bonds is 3. The van der Waals surface area contributed by atoms with Crippen molar-refractivity contribution in [3.8, 4) is 0 Å². The molecule has 0 aromatic carbocycles. The lowest BCUT2D eigenvalue weighted by Crippen LogP contribution is -2.51. The van der Waals surface area contributed by atoms with Crippen molar-refractivity contribution in [1.29, 1.82) is 0 Å². The highest BCUT2D eigenvalue weighted by molar-refractivity contribution is 5.84. The van der Waals surface area contributed by atoms with Crippen LogP contribution in [0.5, 0.6) is 0 Å². The average molecular weight is 471 g/mol. The Morgan fingerprint density at radius 3 is 2.48 bits per heavy atom. The van der Waals surface area contributed by atoms with Crippen LogP contribution in [0.15, 0.2) is 12.3 Å². The summed E-state index contributed by atoms with van der Waals surface area (Å²) in [5, 5.41) is 2.69. The molecule has 2 heterocycles. The predicted octanol–water partition coefficient (Wildman–Crippen LogP) is 4.16. The first kappa shape index (κ1) is 25.3. The first-order valence-electron chi connectivity index (χ1n) is 11.2. The second kappa shape index (κ2) is 8.77. The molecule has 0 saturated heterocycles. The van der Waals surface area contributed by atoms with Gasteiger partial charge in [0.15, 0.2) is 0 Å². The molecule has 2 amide bonds. The van der Waals surface area contributed by atoms with E-state index in [0.717, 1.165) is 12.3 Å². The van der Waals surface area contributed by atoms with E-state index >= 15 is 0 Å². The van der Waals surface area contributed by atoms with E-state index in [0.29, 0.717) is 25.0 Å². The predicted molar refractivity (Wildman–Crippen MR) is 116 cm³/mol. The van der Waals surface area contributed by atoms with Gasteiger partial charge in [-0.05, 0) is 57.6 Å². The molecule has 1 aliphatic carbocycles. The number of hydrogen-bond donors (Lipinski definition) is 2. The van der Waals surface area contributed by atoms with Gasteiger partial charge in [-0.1, -0.05) is 13.8 Å². The molecule has 0 radical (unpaired) electrons. The van der Waals surface area contributed by atoms with Gasteiger partial charge < -0.3 is 20.7 Å². The second-order valence-corrected chi connectivity index (χ2v) is 10.5. The maximum absolute atomic E-state index is 13.7. The molecule has 0 spiro atoms. The van der Waals surface area contributed by atoms with Crippen LogP contribution in [-0.2, 0) is 22.3 Å². The summed E-state index contributed by atoms with van der Waals surface area (Å²) in [7, 11) is 0. The highest BCUT2D eigenvalue weighted by Crippen LogP contribution is 2.46. The molecule has 1 aliphatic heterocycles. The van der Waals surface area contributed by atoms with Crippen LogP contribution in [0.2, 0.25) is 0 Å². The van der Waals surface area contributed by atoms with Gasteiger partial charge in [-0.25, -0.2) is 4.79 Å². The van der Waals surface area contributed by atoms with Crippen LogP contribution in [0.1, 0.15) is 76.7 Å². The largest absolute Gasteiger partial charge is 0.444 e. The van der Waals surface area contributed by atoms with Gasteiger partial charge >= 0.3 is 12.3 Å². The number of alkyl halides is 3. The maximum Gasteiger partial charge on any atom is 0.417 e. The standard InChI is InChI=1S/C23H33F3N4O3/c1-13(2)22(7-6-16(27)9-22)19(31)30-11-14-8-15(23(24,25)26)10-28-18(14)17(12-30)29-20(32)33-21(3,4)5/h8,10,13,16-17H,6-7,9,11-12,27H2,1-5H3,(H,29,32)/t16-,17-,22+/m1/s1. The Hall–Kier alpha value is -2.36. The summed E-state index contributed by atoms with van der Waals surface area (Å²) < 4.78 is 45.3. The molecule has 33 heavy (non-hydrogen) atoms. The summed E-state index contributed by atoms with van der Waals surface area (Å²) in [5.74, 6) is -0.138. The van der Waals surface area contributed by atoms with Crippen LogP contribution < -0.4 is 11.1 Å². The number of nitrogens with zero attached hydrogens (tertiary/aromatic N) is 2. The van der Waals surface area contributed by atoms with Crippen molar-refractivity contribution >= 4 is 12.0 Å². The summed E-state index contributed by atoms with van der Waals surface area (Å²) in [5.41, 5.74) is 4.36. The molecule has 7 nitrogen and oxygen atoms in total. The Labute approximate surface area is 192 Å². The molecule has 0 unspecified atom stereocenters. The number of nitrogens with one attached hydrogen (secondary N) is 1. The monoisotopic (exact) mass is 470 g/mol. The molecular formula is C23H33F3N4O3. The van der Waals surface area contributed by atoms with Gasteiger partial charge in [-0.15, -0.1) is 0 Å². The first-order chi connectivity index (χ1) is 15.1. The number of carbonyl (C=O) groups is 2. The normalized spacial score (nSPS) is 25.7. The Balaban J connectivity index is 1.96. The average Bonchev–Trinajstić information content (AvgIpc) is 3.07.